The summed E-state index contributed by atoms with van der Waals surface area (Å²) in [7, 11) is 0. The molecule has 1 fully saturated rings. The second-order valence-corrected chi connectivity index (χ2v) is 15.3. The molecule has 1 saturated heterocycles. The van der Waals surface area contributed by atoms with Crippen molar-refractivity contribution in [2.75, 3.05) is 26.4 Å². The van der Waals surface area contributed by atoms with Gasteiger partial charge in [0.1, 0.15) is 42.2 Å². The van der Waals surface area contributed by atoms with Crippen molar-refractivity contribution in [3.8, 4) is 45.3 Å². The smallest absolute Gasteiger partial charge is 0.266 e. The van der Waals surface area contributed by atoms with E-state index < -0.39 is 23.8 Å². The van der Waals surface area contributed by atoms with Gasteiger partial charge in [-0.1, -0.05) is 54.2 Å². The average Bonchev–Trinajstić information content (AvgIpc) is 4.01. The van der Waals surface area contributed by atoms with Crippen molar-refractivity contribution < 1.29 is 38.5 Å². The molecule has 4 aromatic carbocycles. The van der Waals surface area contributed by atoms with Gasteiger partial charge in [-0.2, -0.15) is 5.10 Å². The number of rotatable bonds is 16. The van der Waals surface area contributed by atoms with E-state index in [1.165, 1.54) is 0 Å². The molecule has 0 spiro atoms. The number of nitrogens with one attached hydrogen (secondary N) is 1. The number of piperidine rings is 1. The van der Waals surface area contributed by atoms with Crippen LogP contribution < -0.4 is 19.5 Å². The lowest BCUT2D eigenvalue weighted by Gasteiger charge is -2.29. The Morgan fingerprint density at radius 3 is 2.40 bits per heavy atom. The van der Waals surface area contributed by atoms with Crippen LogP contribution in [0.15, 0.2) is 133 Å². The lowest BCUT2D eigenvalue weighted by molar-refractivity contribution is -0.125. The number of benzene rings is 4. The lowest BCUT2D eigenvalue weighted by Crippen LogP contribution is -2.51. The van der Waals surface area contributed by atoms with Crippen molar-refractivity contribution in [3.63, 3.8) is 0 Å². The van der Waals surface area contributed by atoms with Crippen molar-refractivity contribution >= 4 is 23.4 Å². The zero-order chi connectivity index (χ0) is 43.3. The molecule has 14 nitrogen and oxygen atoms in total. The number of pyridine rings is 1. The summed E-state index contributed by atoms with van der Waals surface area (Å²) in [6, 6.07) is 29.6. The van der Waals surface area contributed by atoms with Crippen LogP contribution in [0.25, 0.3) is 28.1 Å². The summed E-state index contributed by atoms with van der Waals surface area (Å²) in [6.07, 6.45) is 8.45. The highest BCUT2D eigenvalue weighted by atomic mass is 16.5. The number of aryl methyl sites for hydroxylation is 1. The molecule has 0 bridgehead atoms. The Balaban J connectivity index is 0.754. The third-order valence-corrected chi connectivity index (χ3v) is 11.3. The number of hydrogen-bond acceptors (Lipinski definition) is 11. The number of amides is 3. The second kappa shape index (κ2) is 18.2. The largest absolute Gasteiger partial charge is 0.493 e. The van der Waals surface area contributed by atoms with Gasteiger partial charge in [-0.05, 0) is 91.4 Å². The Bertz CT molecular complexity index is 2730. The topological polar surface area (TPSA) is 167 Å². The number of carbonyl (C=O) groups is 3. The minimum Gasteiger partial charge on any atom is -0.493 e. The maximum absolute atomic E-state index is 13.4. The third-order valence-electron chi connectivity index (χ3n) is 11.3. The molecule has 1 aliphatic carbocycles. The first-order valence-electron chi connectivity index (χ1n) is 20.8. The van der Waals surface area contributed by atoms with Crippen LogP contribution in [0.4, 0.5) is 0 Å². The number of nitrogens with zero attached hydrogens (tertiary/aromatic N) is 5. The predicted octanol–water partition coefficient (Wildman–Crippen LogP) is 7.56. The van der Waals surface area contributed by atoms with Crippen molar-refractivity contribution in [3.05, 3.63) is 156 Å². The number of aromatic nitrogens is 3. The molecule has 1 unspecified atom stereocenters. The molecule has 6 aromatic rings. The molecule has 3 aliphatic rings. The summed E-state index contributed by atoms with van der Waals surface area (Å²) in [5.74, 6) is 0.244. The molecule has 0 radical (unpaired) electrons. The highest BCUT2D eigenvalue weighted by Gasteiger charge is 2.45. The molecule has 63 heavy (non-hydrogen) atoms. The van der Waals surface area contributed by atoms with E-state index in [2.05, 4.69) is 28.1 Å². The van der Waals surface area contributed by atoms with E-state index in [4.69, 9.17) is 24.0 Å². The Labute approximate surface area is 363 Å². The van der Waals surface area contributed by atoms with Crippen molar-refractivity contribution in [2.24, 2.45) is 5.16 Å². The fourth-order valence-electron chi connectivity index (χ4n) is 8.14. The van der Waals surface area contributed by atoms with E-state index in [1.807, 2.05) is 83.7 Å². The molecule has 2 N–H and O–H groups in total. The quantitative estimate of drug-likeness (QED) is 0.0430. The van der Waals surface area contributed by atoms with Crippen LogP contribution in [-0.2, 0) is 22.6 Å². The van der Waals surface area contributed by atoms with E-state index in [0.29, 0.717) is 80.8 Å². The van der Waals surface area contributed by atoms with Crippen LogP contribution >= 0.6 is 0 Å². The van der Waals surface area contributed by atoms with E-state index in [-0.39, 0.29) is 17.7 Å². The van der Waals surface area contributed by atoms with Gasteiger partial charge in [-0.25, -0.2) is 4.68 Å². The molecule has 4 heterocycles. The van der Waals surface area contributed by atoms with Crippen LogP contribution in [0.2, 0.25) is 0 Å². The minimum atomic E-state index is -0.886. The molecular formula is C49H44N6O8. The summed E-state index contributed by atoms with van der Waals surface area (Å²) >= 11 is 0. The zero-order valence-corrected chi connectivity index (χ0v) is 34.4. The molecule has 0 saturated carbocycles. The standard InChI is InChI=1S/C49H44N6O8/c1-31-10-19-42(47(56)51-31)55-48(57)39-7-4-9-44(45(39)49(55)58)61-25-5-24-60-26-27-62-43-8-3-2-6-35(43)30-63-37-15-13-36(14-16-37)54-29-40(46(52-54)32-20-22-50-23-21-32)34-11-17-38-33(28-34)12-18-41(38)53-59/h2-4,6-9,11,13-17,20-23,28-29,42,59H,1,5,10,12,18-19,24-27,30H2,(H,51,56)/b53-41+. The number of imide groups is 1. The normalized spacial score (nSPS) is 16.3. The highest BCUT2D eigenvalue weighted by molar-refractivity contribution is 6.24. The van der Waals surface area contributed by atoms with Crippen molar-refractivity contribution in [1.29, 1.82) is 0 Å². The number of hydrogen-bond donors (Lipinski definition) is 2. The van der Waals surface area contributed by atoms with Gasteiger partial charge >= 0.3 is 0 Å². The molecular weight excluding hydrogens is 801 g/mol. The molecule has 14 heteroatoms. The highest BCUT2D eigenvalue weighted by Crippen LogP contribution is 2.36. The summed E-state index contributed by atoms with van der Waals surface area (Å²) in [5, 5.41) is 20.6. The van der Waals surface area contributed by atoms with Crippen molar-refractivity contribution in [1.82, 2.24) is 25.0 Å². The molecule has 2 aromatic heterocycles. The first-order valence-corrected chi connectivity index (χ1v) is 20.8. The average molecular weight is 845 g/mol. The van der Waals surface area contributed by atoms with Gasteiger partial charge in [0.25, 0.3) is 11.8 Å². The lowest BCUT2D eigenvalue weighted by atomic mass is 9.98. The van der Waals surface area contributed by atoms with Crippen LogP contribution in [-0.4, -0.2) is 80.8 Å². The fourth-order valence-corrected chi connectivity index (χ4v) is 8.14. The van der Waals surface area contributed by atoms with Gasteiger partial charge in [-0.15, -0.1) is 0 Å². The van der Waals surface area contributed by atoms with Gasteiger partial charge in [0.2, 0.25) is 5.91 Å². The fraction of sp³-hybridized carbons (Fsp3) is 0.224. The SMILES string of the molecule is C=C1CCC(N2C(=O)c3cccc(OCCCOCCOc4ccccc4COc4ccc(-n5cc(-c6ccc7c(c6)CC/C7=N\O)c(-c6ccncc6)n5)cc4)c3C2=O)C(=O)N1. The van der Waals surface area contributed by atoms with Gasteiger partial charge in [-0.3, -0.25) is 24.3 Å². The van der Waals surface area contributed by atoms with Crippen LogP contribution in [0, 0.1) is 0 Å². The monoisotopic (exact) mass is 844 g/mol. The molecule has 1 atom stereocenters. The van der Waals surface area contributed by atoms with E-state index >= 15 is 0 Å². The Morgan fingerprint density at radius 2 is 1.57 bits per heavy atom. The van der Waals surface area contributed by atoms with Gasteiger partial charge < -0.3 is 29.5 Å². The van der Waals surface area contributed by atoms with E-state index in [0.717, 1.165) is 56.1 Å². The second-order valence-electron chi connectivity index (χ2n) is 15.3. The number of fused-ring (bicyclic) bond motifs is 2. The third kappa shape index (κ3) is 8.53. The maximum atomic E-state index is 13.4. The first kappa shape index (κ1) is 40.8. The minimum absolute atomic E-state index is 0.176. The molecule has 2 aliphatic heterocycles. The number of para-hydroxylation sites is 1. The Hall–Kier alpha value is -7.58. The summed E-state index contributed by atoms with van der Waals surface area (Å²) < 4.78 is 25.9. The summed E-state index contributed by atoms with van der Waals surface area (Å²) in [4.78, 5) is 44.3. The van der Waals surface area contributed by atoms with Crippen LogP contribution in [0.5, 0.6) is 17.2 Å². The van der Waals surface area contributed by atoms with Gasteiger partial charge in [0.05, 0.1) is 35.7 Å². The van der Waals surface area contributed by atoms with E-state index in [1.54, 1.807) is 30.6 Å². The van der Waals surface area contributed by atoms with Gasteiger partial charge in [0, 0.05) is 59.6 Å². The number of ether oxygens (including phenoxy) is 4. The maximum Gasteiger partial charge on any atom is 0.266 e. The van der Waals surface area contributed by atoms with Crippen molar-refractivity contribution in [2.45, 2.75) is 44.8 Å². The molecule has 9 rings (SSSR count). The Kier molecular flexibility index (Phi) is 11.8. The molecule has 318 valence electrons. The molecule has 3 amide bonds. The predicted molar refractivity (Wildman–Crippen MR) is 233 cm³/mol. The van der Waals surface area contributed by atoms with Crippen LogP contribution in [0.1, 0.15) is 63.1 Å². The van der Waals surface area contributed by atoms with E-state index in [9.17, 15) is 19.6 Å². The zero-order valence-electron chi connectivity index (χ0n) is 34.4. The number of carbonyl (C=O) groups excluding carboxylic acids is 3. The number of allylic oxidation sites excluding steroid dienone is 1. The first-order chi connectivity index (χ1) is 30.9. The van der Waals surface area contributed by atoms with Crippen LogP contribution in [0.3, 0.4) is 0 Å². The number of oxime groups is 1. The summed E-state index contributed by atoms with van der Waals surface area (Å²) in [5.41, 5.74) is 9.38. The Morgan fingerprint density at radius 1 is 0.762 bits per heavy atom. The summed E-state index contributed by atoms with van der Waals surface area (Å²) in [6.45, 7) is 5.40. The van der Waals surface area contributed by atoms with Gasteiger partial charge in [0.15, 0.2) is 0 Å².